The van der Waals surface area contributed by atoms with E-state index in [1.165, 1.54) is 37.4 Å². The molecule has 0 aliphatic rings. The van der Waals surface area contributed by atoms with Gasteiger partial charge in [0.25, 0.3) is 0 Å². The normalized spacial score (nSPS) is 12.2. The van der Waals surface area contributed by atoms with Gasteiger partial charge in [0.05, 0.1) is 10.2 Å². The van der Waals surface area contributed by atoms with E-state index in [9.17, 15) is 18.0 Å². The molecule has 0 aliphatic carbocycles. The molecule has 2 heterocycles. The first kappa shape index (κ1) is 19.8. The van der Waals surface area contributed by atoms with Gasteiger partial charge in [-0.3, -0.25) is 4.79 Å². The molecule has 0 aliphatic heterocycles. The molecular weight excluding hydrogens is 393 g/mol. The summed E-state index contributed by atoms with van der Waals surface area (Å²) in [5, 5.41) is 5.16. The molecule has 1 amide bonds. The van der Waals surface area contributed by atoms with E-state index >= 15 is 0 Å². The average Bonchev–Trinajstić information content (AvgIpc) is 2.98. The van der Waals surface area contributed by atoms with E-state index in [1.807, 2.05) is 11.4 Å². The predicted molar refractivity (Wildman–Crippen MR) is 106 cm³/mol. The topological polar surface area (TPSA) is 106 Å². The van der Waals surface area contributed by atoms with Crippen molar-refractivity contribution < 1.29 is 20.8 Å². The number of hydrogen-bond acceptors (Lipinski definition) is 7. The lowest BCUT2D eigenvalue weighted by molar-refractivity contribution is -0.140. The van der Waals surface area contributed by atoms with Gasteiger partial charge in [-0.15, -0.1) is 0 Å². The number of hydrogen-bond donors (Lipinski definition) is 3. The number of amides is 1. The number of halogens is 3. The van der Waals surface area contributed by atoms with Gasteiger partial charge >= 0.3 is 6.18 Å². The second kappa shape index (κ2) is 7.23. The third-order valence-corrected chi connectivity index (χ3v) is 4.62. The van der Waals surface area contributed by atoms with E-state index < -0.39 is 24.2 Å². The standard InChI is InChI=1S/C17H17F3N6OS.2H2/c1-16(2,14(27)23-8-17(18,19)20)26-12-5-6-22-13(25-12)9-3-4-10-11(7-9)28-15(21)24-10;;/h3-7H,8H2,1-2H3,(H2,21,24)(H,23,27)(H,22,25,26);2*1H. The lowest BCUT2D eigenvalue weighted by atomic mass is 10.0. The second-order valence-corrected chi connectivity index (χ2v) is 7.61. The summed E-state index contributed by atoms with van der Waals surface area (Å²) in [5.41, 5.74) is 5.89. The van der Waals surface area contributed by atoms with Crippen LogP contribution in [0.25, 0.3) is 21.6 Å². The van der Waals surface area contributed by atoms with Crippen LogP contribution in [-0.2, 0) is 4.79 Å². The molecule has 7 nitrogen and oxygen atoms in total. The van der Waals surface area contributed by atoms with Gasteiger partial charge in [0, 0.05) is 14.6 Å². The number of nitrogens with one attached hydrogen (secondary N) is 2. The van der Waals surface area contributed by atoms with Crippen molar-refractivity contribution in [2.45, 2.75) is 25.6 Å². The van der Waals surface area contributed by atoms with Crippen LogP contribution in [-0.4, -0.2) is 39.1 Å². The fourth-order valence-electron chi connectivity index (χ4n) is 2.43. The van der Waals surface area contributed by atoms with E-state index in [-0.39, 0.29) is 2.85 Å². The Labute approximate surface area is 165 Å². The van der Waals surface area contributed by atoms with Crippen LogP contribution in [0.5, 0.6) is 0 Å². The minimum absolute atomic E-state index is 0. The maximum absolute atomic E-state index is 12.3. The van der Waals surface area contributed by atoms with Gasteiger partial charge < -0.3 is 16.4 Å². The molecule has 2 aromatic heterocycles. The van der Waals surface area contributed by atoms with Crippen molar-refractivity contribution in [3.63, 3.8) is 0 Å². The van der Waals surface area contributed by atoms with Crippen LogP contribution in [0.2, 0.25) is 0 Å². The maximum atomic E-state index is 12.3. The summed E-state index contributed by atoms with van der Waals surface area (Å²) in [7, 11) is 0. The minimum Gasteiger partial charge on any atom is -0.375 e. The first-order valence-electron chi connectivity index (χ1n) is 8.16. The van der Waals surface area contributed by atoms with Crippen molar-refractivity contribution in [1.29, 1.82) is 0 Å². The summed E-state index contributed by atoms with van der Waals surface area (Å²) in [4.78, 5) is 24.9. The molecule has 3 rings (SSSR count). The van der Waals surface area contributed by atoms with Crippen molar-refractivity contribution >= 4 is 38.4 Å². The molecule has 0 atom stereocenters. The van der Waals surface area contributed by atoms with Crippen LogP contribution >= 0.6 is 11.3 Å². The Kier molecular flexibility index (Phi) is 5.11. The number of rotatable bonds is 5. The van der Waals surface area contributed by atoms with Crippen LogP contribution < -0.4 is 16.4 Å². The van der Waals surface area contributed by atoms with Gasteiger partial charge in [-0.25, -0.2) is 15.0 Å². The number of anilines is 2. The SMILES string of the molecule is CC(C)(Nc1ccnc(-c2ccc3nc(N)sc3c2)n1)C(=O)NCC(F)(F)F.[HH].[HH]. The Morgan fingerprint density at radius 3 is 2.71 bits per heavy atom. The zero-order valence-electron chi connectivity index (χ0n) is 15.0. The van der Waals surface area contributed by atoms with Crippen molar-refractivity contribution in [2.24, 2.45) is 0 Å². The number of aromatic nitrogens is 3. The molecule has 4 N–H and O–H groups in total. The summed E-state index contributed by atoms with van der Waals surface area (Å²) in [6.07, 6.45) is -2.98. The van der Waals surface area contributed by atoms with Gasteiger partial charge in [-0.05, 0) is 38.1 Å². The summed E-state index contributed by atoms with van der Waals surface area (Å²) in [6.45, 7) is 1.53. The Hall–Kier alpha value is -2.95. The molecule has 11 heteroatoms. The molecule has 0 bridgehead atoms. The number of carbonyl (C=O) groups excluding carboxylic acids is 1. The van der Waals surface area contributed by atoms with Gasteiger partial charge in [-0.1, -0.05) is 11.3 Å². The smallest absolute Gasteiger partial charge is 0.375 e. The van der Waals surface area contributed by atoms with Crippen LogP contribution in [0.3, 0.4) is 0 Å². The van der Waals surface area contributed by atoms with E-state index in [1.54, 1.807) is 12.1 Å². The Bertz CT molecular complexity index is 1030. The van der Waals surface area contributed by atoms with E-state index in [4.69, 9.17) is 5.73 Å². The van der Waals surface area contributed by atoms with E-state index in [0.29, 0.717) is 16.8 Å². The zero-order chi connectivity index (χ0) is 20.5. The molecule has 3 aromatic rings. The lowest BCUT2D eigenvalue weighted by Gasteiger charge is -2.26. The third kappa shape index (κ3) is 4.66. The fourth-order valence-corrected chi connectivity index (χ4v) is 3.20. The van der Waals surface area contributed by atoms with E-state index in [0.717, 1.165) is 15.8 Å². The molecule has 0 fully saturated rings. The number of nitrogens with two attached hydrogens (primary N) is 1. The van der Waals surface area contributed by atoms with Crippen LogP contribution in [0.15, 0.2) is 30.5 Å². The largest absolute Gasteiger partial charge is 0.405 e. The first-order valence-corrected chi connectivity index (χ1v) is 8.98. The summed E-state index contributed by atoms with van der Waals surface area (Å²) < 4.78 is 37.8. The number of benzene rings is 1. The second-order valence-electron chi connectivity index (χ2n) is 6.55. The monoisotopic (exact) mass is 414 g/mol. The lowest BCUT2D eigenvalue weighted by Crippen LogP contribution is -2.50. The van der Waals surface area contributed by atoms with Gasteiger partial charge in [0.15, 0.2) is 11.0 Å². The minimum atomic E-state index is -4.48. The highest BCUT2D eigenvalue weighted by Gasteiger charge is 2.33. The van der Waals surface area contributed by atoms with Gasteiger partial charge in [0.2, 0.25) is 5.91 Å². The summed E-state index contributed by atoms with van der Waals surface area (Å²) in [5.74, 6) is -0.0991. The molecule has 152 valence electrons. The molecule has 0 saturated heterocycles. The van der Waals surface area contributed by atoms with Crippen molar-refractivity contribution in [3.05, 3.63) is 30.5 Å². The number of alkyl halides is 3. The molecule has 0 saturated carbocycles. The highest BCUT2D eigenvalue weighted by atomic mass is 32.1. The fraction of sp³-hybridized carbons (Fsp3) is 0.294. The van der Waals surface area contributed by atoms with Gasteiger partial charge in [-0.2, -0.15) is 13.2 Å². The number of thiazole rings is 1. The highest BCUT2D eigenvalue weighted by molar-refractivity contribution is 7.22. The molecule has 0 unspecified atom stereocenters. The predicted octanol–water partition coefficient (Wildman–Crippen LogP) is 3.70. The Morgan fingerprint density at radius 2 is 2.00 bits per heavy atom. The van der Waals surface area contributed by atoms with Crippen molar-refractivity contribution in [2.75, 3.05) is 17.6 Å². The number of nitrogen functional groups attached to an aromatic ring is 1. The van der Waals surface area contributed by atoms with Crippen LogP contribution in [0.4, 0.5) is 24.1 Å². The third-order valence-electron chi connectivity index (χ3n) is 3.78. The average molecular weight is 414 g/mol. The molecule has 0 radical (unpaired) electrons. The van der Waals surface area contributed by atoms with Crippen LogP contribution in [0.1, 0.15) is 16.7 Å². The number of carbonyl (C=O) groups is 1. The molecular formula is C17H21F3N6OS. The van der Waals surface area contributed by atoms with E-state index in [2.05, 4.69) is 20.3 Å². The summed E-state index contributed by atoms with van der Waals surface area (Å²) >= 11 is 1.34. The molecule has 28 heavy (non-hydrogen) atoms. The Balaban J connectivity index is 0.00000225. The Morgan fingerprint density at radius 1 is 1.25 bits per heavy atom. The summed E-state index contributed by atoms with van der Waals surface area (Å²) in [6, 6.07) is 6.98. The molecule has 0 spiro atoms. The maximum Gasteiger partial charge on any atom is 0.405 e. The molecule has 1 aromatic carbocycles. The van der Waals surface area contributed by atoms with Crippen molar-refractivity contribution in [1.82, 2.24) is 20.3 Å². The van der Waals surface area contributed by atoms with Gasteiger partial charge in [0.1, 0.15) is 17.9 Å². The first-order chi connectivity index (χ1) is 13.0. The van der Waals surface area contributed by atoms with Crippen LogP contribution in [0, 0.1) is 0 Å². The zero-order valence-corrected chi connectivity index (χ0v) is 15.8. The number of nitrogens with zero attached hydrogens (tertiary/aromatic N) is 3. The van der Waals surface area contributed by atoms with Crippen molar-refractivity contribution in [3.8, 4) is 11.4 Å². The number of fused-ring (bicyclic) bond motifs is 1. The quantitative estimate of drug-likeness (QED) is 0.588. The highest BCUT2D eigenvalue weighted by Crippen LogP contribution is 2.28.